The molecule has 0 saturated carbocycles. The number of carbonyl (C=O) groups is 1. The van der Waals surface area contributed by atoms with Crippen molar-refractivity contribution in [3.05, 3.63) is 71.8 Å². The van der Waals surface area contributed by atoms with Crippen LogP contribution in [-0.2, 0) is 10.1 Å². The summed E-state index contributed by atoms with van der Waals surface area (Å²) in [5.41, 5.74) is 2.05. The van der Waals surface area contributed by atoms with E-state index in [4.69, 9.17) is 0 Å². The average Bonchev–Trinajstić information content (AvgIpc) is 2.40. The summed E-state index contributed by atoms with van der Waals surface area (Å²) >= 11 is 0. The molecular formula is C14H13BO. The number of benzene rings is 2. The summed E-state index contributed by atoms with van der Waals surface area (Å²) in [5, 5.41) is -0.553. The van der Waals surface area contributed by atoms with Gasteiger partial charge in [-0.25, -0.2) is 0 Å². The van der Waals surface area contributed by atoms with Crippen molar-refractivity contribution in [3.63, 3.8) is 0 Å². The number of hydrogen-bond donors (Lipinski definition) is 0. The standard InChI is InChI=1S/C14H13BO/c15-14(11-16,12-7-3-1-4-8-12)13-9-5-2-6-10-13/h1-11H,15H2. The molecule has 0 unspecified atom stereocenters. The van der Waals surface area contributed by atoms with E-state index in [2.05, 4.69) is 0 Å². The molecule has 1 nitrogen and oxygen atoms in total. The minimum Gasteiger partial charge on any atom is -0.303 e. The molecule has 16 heavy (non-hydrogen) atoms. The monoisotopic (exact) mass is 208 g/mol. The lowest BCUT2D eigenvalue weighted by Gasteiger charge is -2.24. The molecule has 2 rings (SSSR count). The highest BCUT2D eigenvalue weighted by Gasteiger charge is 2.27. The van der Waals surface area contributed by atoms with Gasteiger partial charge in [0, 0.05) is 5.31 Å². The average molecular weight is 208 g/mol. The highest BCUT2D eigenvalue weighted by Crippen LogP contribution is 2.26. The third-order valence-corrected chi connectivity index (χ3v) is 2.98. The molecule has 0 saturated heterocycles. The molecule has 0 bridgehead atoms. The molecule has 0 aliphatic rings. The molecule has 0 spiro atoms. The van der Waals surface area contributed by atoms with E-state index in [0.29, 0.717) is 0 Å². The van der Waals surface area contributed by atoms with Crippen molar-refractivity contribution in [2.24, 2.45) is 0 Å². The van der Waals surface area contributed by atoms with Gasteiger partial charge in [-0.2, -0.15) is 0 Å². The minimum atomic E-state index is -0.553. The second kappa shape index (κ2) is 4.36. The first-order valence-electron chi connectivity index (χ1n) is 5.35. The summed E-state index contributed by atoms with van der Waals surface area (Å²) < 4.78 is 0. The molecule has 0 aliphatic heterocycles. The van der Waals surface area contributed by atoms with Crippen molar-refractivity contribution >= 4 is 14.1 Å². The molecule has 2 heteroatoms. The van der Waals surface area contributed by atoms with Crippen molar-refractivity contribution in [2.75, 3.05) is 0 Å². The molecule has 0 radical (unpaired) electrons. The van der Waals surface area contributed by atoms with Gasteiger partial charge < -0.3 is 4.79 Å². The normalized spacial score (nSPS) is 11.0. The Labute approximate surface area is 96.5 Å². The van der Waals surface area contributed by atoms with Crippen LogP contribution in [0.2, 0.25) is 0 Å². The van der Waals surface area contributed by atoms with E-state index in [1.54, 1.807) is 0 Å². The van der Waals surface area contributed by atoms with Gasteiger partial charge in [0.25, 0.3) is 0 Å². The predicted molar refractivity (Wildman–Crippen MR) is 68.3 cm³/mol. The van der Waals surface area contributed by atoms with Crippen LogP contribution in [0.4, 0.5) is 0 Å². The molecule has 0 atom stereocenters. The highest BCUT2D eigenvalue weighted by molar-refractivity contribution is 6.27. The van der Waals surface area contributed by atoms with Gasteiger partial charge in [0.1, 0.15) is 14.1 Å². The summed E-state index contributed by atoms with van der Waals surface area (Å²) in [5.74, 6) is 0. The van der Waals surface area contributed by atoms with E-state index < -0.39 is 5.31 Å². The predicted octanol–water partition coefficient (Wildman–Crippen LogP) is 1.76. The zero-order chi connectivity index (χ0) is 11.4. The third kappa shape index (κ3) is 1.79. The molecule has 0 heterocycles. The van der Waals surface area contributed by atoms with Gasteiger partial charge in [0.05, 0.1) is 0 Å². The fraction of sp³-hybridized carbons (Fsp3) is 0.0714. The zero-order valence-corrected chi connectivity index (χ0v) is 9.26. The molecule has 0 aromatic heterocycles. The maximum atomic E-state index is 11.4. The maximum Gasteiger partial charge on any atom is 0.130 e. The topological polar surface area (TPSA) is 17.1 Å². The Bertz CT molecular complexity index is 425. The summed E-state index contributed by atoms with van der Waals surface area (Å²) in [6.07, 6.45) is 1.01. The Morgan fingerprint density at radius 2 is 1.19 bits per heavy atom. The number of carbonyl (C=O) groups excluding carboxylic acids is 1. The van der Waals surface area contributed by atoms with Gasteiger partial charge in [-0.3, -0.25) is 0 Å². The van der Waals surface area contributed by atoms with Crippen LogP contribution < -0.4 is 0 Å². The first kappa shape index (κ1) is 10.7. The van der Waals surface area contributed by atoms with E-state index in [-0.39, 0.29) is 0 Å². The maximum absolute atomic E-state index is 11.4. The molecule has 2 aromatic rings. The largest absolute Gasteiger partial charge is 0.303 e. The van der Waals surface area contributed by atoms with E-state index in [9.17, 15) is 4.79 Å². The number of hydrogen-bond acceptors (Lipinski definition) is 1. The van der Waals surface area contributed by atoms with Crippen molar-refractivity contribution in [3.8, 4) is 0 Å². The van der Waals surface area contributed by atoms with Gasteiger partial charge in [0.15, 0.2) is 0 Å². The van der Waals surface area contributed by atoms with Crippen LogP contribution in [0.3, 0.4) is 0 Å². The lowest BCUT2D eigenvalue weighted by Crippen LogP contribution is -2.29. The molecule has 0 amide bonds. The van der Waals surface area contributed by atoms with Crippen LogP contribution >= 0.6 is 0 Å². The Kier molecular flexibility index (Phi) is 2.91. The summed E-state index contributed by atoms with van der Waals surface area (Å²) in [7, 11) is 1.95. The highest BCUT2D eigenvalue weighted by atomic mass is 16.1. The first-order chi connectivity index (χ1) is 7.77. The van der Waals surface area contributed by atoms with Crippen LogP contribution in [0, 0.1) is 0 Å². The summed E-state index contributed by atoms with van der Waals surface area (Å²) in [4.78, 5) is 11.4. The molecule has 2 aromatic carbocycles. The second-order valence-corrected chi connectivity index (χ2v) is 4.05. The fourth-order valence-corrected chi connectivity index (χ4v) is 1.87. The third-order valence-electron chi connectivity index (χ3n) is 2.98. The molecular weight excluding hydrogens is 195 g/mol. The van der Waals surface area contributed by atoms with E-state index >= 15 is 0 Å². The number of aldehydes is 1. The van der Waals surface area contributed by atoms with Gasteiger partial charge in [0.2, 0.25) is 0 Å². The van der Waals surface area contributed by atoms with Gasteiger partial charge in [-0.15, -0.1) is 0 Å². The van der Waals surface area contributed by atoms with E-state index in [0.717, 1.165) is 17.4 Å². The SMILES string of the molecule is BC(C=O)(c1ccccc1)c1ccccc1. The van der Waals surface area contributed by atoms with Crippen LogP contribution in [0.15, 0.2) is 60.7 Å². The lowest BCUT2D eigenvalue weighted by molar-refractivity contribution is -0.109. The van der Waals surface area contributed by atoms with Crippen molar-refractivity contribution in [2.45, 2.75) is 5.31 Å². The first-order valence-corrected chi connectivity index (χ1v) is 5.35. The molecule has 0 aliphatic carbocycles. The van der Waals surface area contributed by atoms with Crippen LogP contribution in [0.5, 0.6) is 0 Å². The van der Waals surface area contributed by atoms with E-state index in [1.807, 2.05) is 68.5 Å². The summed E-state index contributed by atoms with van der Waals surface area (Å²) in [6.45, 7) is 0. The van der Waals surface area contributed by atoms with Gasteiger partial charge >= 0.3 is 0 Å². The molecule has 0 N–H and O–H groups in total. The molecule has 0 fully saturated rings. The Balaban J connectivity index is 2.53. The van der Waals surface area contributed by atoms with Crippen molar-refractivity contribution < 1.29 is 4.79 Å². The fourth-order valence-electron chi connectivity index (χ4n) is 1.87. The minimum absolute atomic E-state index is 0.553. The smallest absolute Gasteiger partial charge is 0.130 e. The Morgan fingerprint density at radius 1 is 0.812 bits per heavy atom. The van der Waals surface area contributed by atoms with Crippen LogP contribution in [0.1, 0.15) is 11.1 Å². The van der Waals surface area contributed by atoms with Gasteiger partial charge in [-0.05, 0) is 11.1 Å². The summed E-state index contributed by atoms with van der Waals surface area (Å²) in [6, 6.07) is 19.7. The van der Waals surface area contributed by atoms with Crippen LogP contribution in [0.25, 0.3) is 0 Å². The second-order valence-electron chi connectivity index (χ2n) is 4.05. The lowest BCUT2D eigenvalue weighted by atomic mass is 9.61. The Hall–Kier alpha value is -1.83. The molecule has 78 valence electrons. The van der Waals surface area contributed by atoms with Crippen molar-refractivity contribution in [1.82, 2.24) is 0 Å². The van der Waals surface area contributed by atoms with Gasteiger partial charge in [-0.1, -0.05) is 60.7 Å². The van der Waals surface area contributed by atoms with E-state index in [1.165, 1.54) is 0 Å². The number of rotatable bonds is 3. The van der Waals surface area contributed by atoms with Crippen molar-refractivity contribution in [1.29, 1.82) is 0 Å². The Morgan fingerprint density at radius 3 is 1.50 bits per heavy atom. The zero-order valence-electron chi connectivity index (χ0n) is 9.26. The quantitative estimate of drug-likeness (QED) is 0.554. The van der Waals surface area contributed by atoms with Crippen LogP contribution in [-0.4, -0.2) is 14.1 Å².